The molecule has 0 saturated carbocycles. The van der Waals surface area contributed by atoms with Crippen LogP contribution in [0.5, 0.6) is 0 Å². The molecule has 0 aliphatic carbocycles. The third-order valence-corrected chi connectivity index (χ3v) is 2.76. The summed E-state index contributed by atoms with van der Waals surface area (Å²) in [5, 5.41) is 0.805. The Hall–Kier alpha value is -1.75. The number of nitrogens with zero attached hydrogens (tertiary/aromatic N) is 3. The lowest BCUT2D eigenvalue weighted by atomic mass is 10.3. The molecule has 16 heavy (non-hydrogen) atoms. The number of aromatic nitrogens is 3. The van der Waals surface area contributed by atoms with Gasteiger partial charge in [-0.05, 0) is 12.1 Å². The van der Waals surface area contributed by atoms with Crippen LogP contribution in [0.4, 0.5) is 0 Å². The molecule has 2 rings (SSSR count). The van der Waals surface area contributed by atoms with Gasteiger partial charge in [-0.2, -0.15) is 0 Å². The van der Waals surface area contributed by atoms with Crippen LogP contribution < -0.4 is 0 Å². The zero-order valence-corrected chi connectivity index (χ0v) is 9.44. The van der Waals surface area contributed by atoms with Gasteiger partial charge in [0.05, 0.1) is 6.20 Å². The van der Waals surface area contributed by atoms with Gasteiger partial charge in [-0.3, -0.25) is 14.8 Å². The first-order valence-corrected chi connectivity index (χ1v) is 5.48. The molecule has 2 aromatic heterocycles. The molecule has 0 atom stereocenters. The smallest absolute Gasteiger partial charge is 0.178 e. The molecule has 4 nitrogen and oxygen atoms in total. The maximum absolute atomic E-state index is 11.0. The molecule has 0 radical (unpaired) electrons. The number of carbonyl (C=O) groups is 1. The third-order valence-electron chi connectivity index (χ3n) is 1.86. The first-order valence-electron chi connectivity index (χ1n) is 4.66. The Labute approximate surface area is 97.2 Å². The van der Waals surface area contributed by atoms with E-state index in [1.807, 2.05) is 6.07 Å². The van der Waals surface area contributed by atoms with E-state index in [1.165, 1.54) is 18.7 Å². The topological polar surface area (TPSA) is 55.7 Å². The molecule has 2 heterocycles. The van der Waals surface area contributed by atoms with Crippen molar-refractivity contribution in [3.05, 3.63) is 42.6 Å². The van der Waals surface area contributed by atoms with Gasteiger partial charge in [-0.15, -0.1) is 0 Å². The summed E-state index contributed by atoms with van der Waals surface area (Å²) in [4.78, 5) is 24.1. The molecule has 0 bridgehead atoms. The highest BCUT2D eigenvalue weighted by molar-refractivity contribution is 7.99. The Morgan fingerprint density at radius 2 is 2.06 bits per heavy atom. The standard InChI is InChI=1S/C11H9N3OS/c1-8(15)10-3-2-9(6-14-10)16-11-7-12-4-5-13-11/h2-7H,1H3. The maximum Gasteiger partial charge on any atom is 0.178 e. The molecule has 5 heteroatoms. The van der Waals surface area contributed by atoms with Crippen molar-refractivity contribution in [1.82, 2.24) is 15.0 Å². The minimum absolute atomic E-state index is 0.0314. The highest BCUT2D eigenvalue weighted by Gasteiger charge is 2.02. The zero-order valence-electron chi connectivity index (χ0n) is 8.62. The quantitative estimate of drug-likeness (QED) is 0.758. The molecule has 0 spiro atoms. The number of hydrogen-bond donors (Lipinski definition) is 0. The van der Waals surface area contributed by atoms with Gasteiger partial charge < -0.3 is 0 Å². The summed E-state index contributed by atoms with van der Waals surface area (Å²) in [5.74, 6) is -0.0314. The van der Waals surface area contributed by atoms with E-state index in [9.17, 15) is 4.79 Å². The average molecular weight is 231 g/mol. The molecule has 0 saturated heterocycles. The van der Waals surface area contributed by atoms with Crippen LogP contribution >= 0.6 is 11.8 Å². The minimum atomic E-state index is -0.0314. The fourth-order valence-electron chi connectivity index (χ4n) is 1.11. The van der Waals surface area contributed by atoms with Crippen LogP contribution in [-0.4, -0.2) is 20.7 Å². The molecule has 0 aliphatic heterocycles. The van der Waals surface area contributed by atoms with Gasteiger partial charge in [0.2, 0.25) is 0 Å². The normalized spacial score (nSPS) is 10.1. The fourth-order valence-corrected chi connectivity index (χ4v) is 1.82. The number of Topliss-reactive ketones (excluding diaryl/α,β-unsaturated/α-hetero) is 1. The number of hydrogen-bond acceptors (Lipinski definition) is 5. The van der Waals surface area contributed by atoms with Crippen molar-refractivity contribution in [2.24, 2.45) is 0 Å². The number of rotatable bonds is 3. The van der Waals surface area contributed by atoms with Crippen LogP contribution in [0.3, 0.4) is 0 Å². The molecular formula is C11H9N3OS. The van der Waals surface area contributed by atoms with Crippen molar-refractivity contribution in [3.63, 3.8) is 0 Å². The van der Waals surface area contributed by atoms with E-state index in [1.54, 1.807) is 30.9 Å². The van der Waals surface area contributed by atoms with Crippen molar-refractivity contribution < 1.29 is 4.79 Å². The van der Waals surface area contributed by atoms with Crippen molar-refractivity contribution in [3.8, 4) is 0 Å². The van der Waals surface area contributed by atoms with Crippen LogP contribution in [0.1, 0.15) is 17.4 Å². The molecule has 0 fully saturated rings. The van der Waals surface area contributed by atoms with Crippen LogP contribution in [0, 0.1) is 0 Å². The molecule has 0 amide bonds. The van der Waals surface area contributed by atoms with Gasteiger partial charge in [0, 0.05) is 30.4 Å². The summed E-state index contributed by atoms with van der Waals surface area (Å²) in [6.07, 6.45) is 6.61. The van der Waals surface area contributed by atoms with Gasteiger partial charge in [0.1, 0.15) is 10.7 Å². The summed E-state index contributed by atoms with van der Waals surface area (Å²) in [6.45, 7) is 1.50. The van der Waals surface area contributed by atoms with Crippen molar-refractivity contribution in [2.75, 3.05) is 0 Å². The molecule has 2 aromatic rings. The molecule has 0 aromatic carbocycles. The van der Waals surface area contributed by atoms with Crippen LogP contribution in [0.25, 0.3) is 0 Å². The van der Waals surface area contributed by atoms with Gasteiger partial charge in [0.25, 0.3) is 0 Å². The second-order valence-corrected chi connectivity index (χ2v) is 4.17. The maximum atomic E-state index is 11.0. The van der Waals surface area contributed by atoms with Crippen molar-refractivity contribution in [2.45, 2.75) is 16.8 Å². The van der Waals surface area contributed by atoms with E-state index in [0.29, 0.717) is 5.69 Å². The number of pyridine rings is 1. The number of ketones is 1. The average Bonchev–Trinajstić information content (AvgIpc) is 2.31. The second kappa shape index (κ2) is 4.85. The fraction of sp³-hybridized carbons (Fsp3) is 0.0909. The Kier molecular flexibility index (Phi) is 3.26. The molecular weight excluding hydrogens is 222 g/mol. The highest BCUT2D eigenvalue weighted by atomic mass is 32.2. The Bertz CT molecular complexity index is 484. The van der Waals surface area contributed by atoms with E-state index in [-0.39, 0.29) is 5.78 Å². The summed E-state index contributed by atoms with van der Waals surface area (Å²) < 4.78 is 0. The van der Waals surface area contributed by atoms with E-state index >= 15 is 0 Å². The molecule has 0 aliphatic rings. The Morgan fingerprint density at radius 1 is 1.19 bits per heavy atom. The first-order chi connectivity index (χ1) is 7.75. The molecule has 80 valence electrons. The third kappa shape index (κ3) is 2.64. The predicted molar refractivity (Wildman–Crippen MR) is 60.4 cm³/mol. The van der Waals surface area contributed by atoms with Crippen LogP contribution in [-0.2, 0) is 0 Å². The lowest BCUT2D eigenvalue weighted by molar-refractivity contribution is 0.101. The predicted octanol–water partition coefficient (Wildman–Crippen LogP) is 2.23. The second-order valence-electron chi connectivity index (χ2n) is 3.08. The summed E-state index contributed by atoms with van der Waals surface area (Å²) in [6, 6.07) is 3.56. The highest BCUT2D eigenvalue weighted by Crippen LogP contribution is 2.24. The first kappa shape index (κ1) is 10.8. The van der Waals surface area contributed by atoms with E-state index in [0.717, 1.165) is 9.92 Å². The summed E-state index contributed by atoms with van der Waals surface area (Å²) >= 11 is 1.46. The molecule has 0 N–H and O–H groups in total. The van der Waals surface area contributed by atoms with Gasteiger partial charge in [0.15, 0.2) is 5.78 Å². The Balaban J connectivity index is 2.14. The van der Waals surface area contributed by atoms with Gasteiger partial charge >= 0.3 is 0 Å². The SMILES string of the molecule is CC(=O)c1ccc(Sc2cnccn2)cn1. The number of carbonyl (C=O) groups excluding carboxylic acids is 1. The zero-order chi connectivity index (χ0) is 11.4. The largest absolute Gasteiger partial charge is 0.293 e. The van der Waals surface area contributed by atoms with Gasteiger partial charge in [-0.25, -0.2) is 4.98 Å². The summed E-state index contributed by atoms with van der Waals surface area (Å²) in [5.41, 5.74) is 0.475. The van der Waals surface area contributed by atoms with Crippen LogP contribution in [0.15, 0.2) is 46.8 Å². The Morgan fingerprint density at radius 3 is 2.62 bits per heavy atom. The monoisotopic (exact) mass is 231 g/mol. The van der Waals surface area contributed by atoms with Crippen LogP contribution in [0.2, 0.25) is 0 Å². The lowest BCUT2D eigenvalue weighted by Crippen LogP contribution is -1.95. The van der Waals surface area contributed by atoms with Gasteiger partial charge in [-0.1, -0.05) is 11.8 Å². The minimum Gasteiger partial charge on any atom is -0.293 e. The van der Waals surface area contributed by atoms with E-state index in [4.69, 9.17) is 0 Å². The molecule has 0 unspecified atom stereocenters. The summed E-state index contributed by atoms with van der Waals surface area (Å²) in [7, 11) is 0. The van der Waals surface area contributed by atoms with Crippen molar-refractivity contribution >= 4 is 17.5 Å². The van der Waals surface area contributed by atoms with E-state index in [2.05, 4.69) is 15.0 Å². The van der Waals surface area contributed by atoms with E-state index < -0.39 is 0 Å². The van der Waals surface area contributed by atoms with Crippen molar-refractivity contribution in [1.29, 1.82) is 0 Å². The lowest BCUT2D eigenvalue weighted by Gasteiger charge is -2.00.